The van der Waals surface area contributed by atoms with Gasteiger partial charge in [-0.25, -0.2) is 0 Å². The summed E-state index contributed by atoms with van der Waals surface area (Å²) in [6.07, 6.45) is 0. The van der Waals surface area contributed by atoms with Gasteiger partial charge < -0.3 is 0 Å². The fraction of sp³-hybridized carbons (Fsp3) is 1.00. The molecule has 0 amide bonds. The molecule has 0 aromatic carbocycles. The van der Waals surface area contributed by atoms with Gasteiger partial charge in [0.1, 0.15) is 0 Å². The molecule has 104 valence electrons. The monoisotopic (exact) mass is 318 g/mol. The van der Waals surface area contributed by atoms with Gasteiger partial charge in [-0.2, -0.15) is 0 Å². The fourth-order valence-electron chi connectivity index (χ4n) is 0.608. The third-order valence-electron chi connectivity index (χ3n) is 1.12. The Bertz CT molecular complexity index is 132. The van der Waals surface area contributed by atoms with Crippen LogP contribution in [0, 0.1) is 0 Å². The third-order valence-corrected chi connectivity index (χ3v) is 3.82. The molecular weight excluding hydrogens is 297 g/mol. The predicted octanol–water partition coefficient (Wildman–Crippen LogP) is 1.29. The van der Waals surface area contributed by atoms with Gasteiger partial charge in [-0.15, -0.1) is 0 Å². The molecule has 9 heteroatoms. The van der Waals surface area contributed by atoms with E-state index in [1.807, 2.05) is 0 Å². The average molecular weight is 317 g/mol. The summed E-state index contributed by atoms with van der Waals surface area (Å²) in [6, 6.07) is 0. The van der Waals surface area contributed by atoms with Crippen LogP contribution in [-0.4, -0.2) is 41.0 Å². The van der Waals surface area contributed by atoms with Crippen molar-refractivity contribution in [2.45, 2.75) is 27.7 Å². The van der Waals surface area contributed by atoms with Crippen LogP contribution in [0.25, 0.3) is 0 Å². The van der Waals surface area contributed by atoms with E-state index in [4.69, 9.17) is 35.2 Å². The van der Waals surface area contributed by atoms with Crippen LogP contribution in [0.4, 0.5) is 0 Å². The van der Waals surface area contributed by atoms with Crippen LogP contribution in [0.1, 0.15) is 27.7 Å². The van der Waals surface area contributed by atoms with E-state index in [9.17, 15) is 0 Å². The molecule has 0 aromatic rings. The van der Waals surface area contributed by atoms with Gasteiger partial charge in [-0.05, 0) is 0 Å². The first-order chi connectivity index (χ1) is 8.24. The van der Waals surface area contributed by atoms with Crippen molar-refractivity contribution in [3.05, 3.63) is 0 Å². The molecule has 0 rings (SSSR count). The molecule has 0 aliphatic rings. The van der Waals surface area contributed by atoms with Gasteiger partial charge in [0.2, 0.25) is 0 Å². The van der Waals surface area contributed by atoms with Crippen molar-refractivity contribution in [3.8, 4) is 0 Å². The molecule has 0 saturated carbocycles. The standard InChI is InChI=1S/C8H20GeO8/c1-5-10-14-9(15-11-6-2,16-12-7-3)17-13-8-4/h5-8H2,1-4H3. The molecular formula is C8H20GeO8. The van der Waals surface area contributed by atoms with Crippen molar-refractivity contribution in [3.63, 3.8) is 0 Å². The van der Waals surface area contributed by atoms with Crippen molar-refractivity contribution in [1.29, 1.82) is 0 Å². The van der Waals surface area contributed by atoms with E-state index in [-0.39, 0.29) is 26.4 Å². The van der Waals surface area contributed by atoms with Crippen LogP contribution in [0.2, 0.25) is 0 Å². The molecule has 8 nitrogen and oxygen atoms in total. The van der Waals surface area contributed by atoms with Crippen molar-refractivity contribution in [2.24, 2.45) is 0 Å². The number of hydrogen-bond donors (Lipinski definition) is 0. The van der Waals surface area contributed by atoms with Gasteiger partial charge in [0.15, 0.2) is 0 Å². The minimum atomic E-state index is -4.32. The van der Waals surface area contributed by atoms with Crippen LogP contribution >= 0.6 is 0 Å². The molecule has 0 aliphatic carbocycles. The molecule has 0 saturated heterocycles. The third kappa shape index (κ3) is 8.02. The van der Waals surface area contributed by atoms with Gasteiger partial charge >= 0.3 is 104 Å². The zero-order valence-corrected chi connectivity index (χ0v) is 12.7. The molecule has 0 fully saturated rings. The van der Waals surface area contributed by atoms with Crippen LogP contribution in [-0.2, 0) is 35.2 Å². The molecule has 0 bridgehead atoms. The van der Waals surface area contributed by atoms with Crippen LogP contribution < -0.4 is 0 Å². The first-order valence-electron chi connectivity index (χ1n) is 5.47. The Balaban J connectivity index is 4.39. The summed E-state index contributed by atoms with van der Waals surface area (Å²) in [7, 11) is 0. The van der Waals surface area contributed by atoms with Crippen LogP contribution in [0.3, 0.4) is 0 Å². The van der Waals surface area contributed by atoms with E-state index >= 15 is 0 Å². The topological polar surface area (TPSA) is 73.8 Å². The Labute approximate surface area is 104 Å². The van der Waals surface area contributed by atoms with Crippen molar-refractivity contribution < 1.29 is 35.2 Å². The van der Waals surface area contributed by atoms with E-state index in [0.717, 1.165) is 0 Å². The Morgan fingerprint density at radius 1 is 0.529 bits per heavy atom. The molecule has 0 heterocycles. The van der Waals surface area contributed by atoms with E-state index in [0.29, 0.717) is 0 Å². The first kappa shape index (κ1) is 17.2. The summed E-state index contributed by atoms with van der Waals surface area (Å²) in [6.45, 7) is 8.07. The summed E-state index contributed by atoms with van der Waals surface area (Å²) in [5.41, 5.74) is 0. The Kier molecular flexibility index (Phi) is 11.5. The predicted molar refractivity (Wildman–Crippen MR) is 56.6 cm³/mol. The molecule has 0 atom stereocenters. The van der Waals surface area contributed by atoms with E-state index in [1.165, 1.54) is 0 Å². The van der Waals surface area contributed by atoms with Crippen molar-refractivity contribution in [2.75, 3.05) is 26.4 Å². The second kappa shape index (κ2) is 11.3. The molecule has 0 N–H and O–H groups in total. The van der Waals surface area contributed by atoms with Gasteiger partial charge in [-0.1, -0.05) is 0 Å². The maximum atomic E-state index is 4.93. The number of hydrogen-bond acceptors (Lipinski definition) is 8. The molecule has 17 heavy (non-hydrogen) atoms. The van der Waals surface area contributed by atoms with Crippen molar-refractivity contribution >= 4 is 14.6 Å². The Morgan fingerprint density at radius 3 is 0.941 bits per heavy atom. The second-order valence-electron chi connectivity index (χ2n) is 2.46. The average Bonchev–Trinajstić information content (AvgIpc) is 2.37. The SMILES string of the molecule is CCO[O][Ge]([O]OCC)([O]OCC)[O]OCC. The van der Waals surface area contributed by atoms with Crippen LogP contribution in [0.15, 0.2) is 0 Å². The van der Waals surface area contributed by atoms with E-state index in [1.54, 1.807) is 27.7 Å². The van der Waals surface area contributed by atoms with Gasteiger partial charge in [0.25, 0.3) is 0 Å². The fourth-order valence-corrected chi connectivity index (χ4v) is 3.16. The van der Waals surface area contributed by atoms with E-state index in [2.05, 4.69) is 0 Å². The summed E-state index contributed by atoms with van der Waals surface area (Å²) >= 11 is -4.32. The second-order valence-corrected chi connectivity index (χ2v) is 5.96. The maximum absolute atomic E-state index is 4.93. The van der Waals surface area contributed by atoms with Gasteiger partial charge in [-0.3, -0.25) is 0 Å². The first-order valence-corrected chi connectivity index (χ1v) is 8.89. The molecule has 0 unspecified atom stereocenters. The van der Waals surface area contributed by atoms with Crippen molar-refractivity contribution in [1.82, 2.24) is 0 Å². The molecule has 0 aliphatic heterocycles. The number of rotatable bonds is 12. The minimum absolute atomic E-state index is 0.285. The Morgan fingerprint density at radius 2 is 0.765 bits per heavy atom. The summed E-state index contributed by atoms with van der Waals surface area (Å²) in [5, 5.41) is 0. The molecule has 0 radical (unpaired) electrons. The quantitative estimate of drug-likeness (QED) is 0.303. The van der Waals surface area contributed by atoms with Gasteiger partial charge in [0.05, 0.1) is 0 Å². The Hall–Kier alpha value is 0.223. The zero-order chi connectivity index (χ0) is 13.0. The van der Waals surface area contributed by atoms with E-state index < -0.39 is 14.6 Å². The van der Waals surface area contributed by atoms with Gasteiger partial charge in [0, 0.05) is 0 Å². The normalized spacial score (nSPS) is 12.0. The summed E-state index contributed by atoms with van der Waals surface area (Å²) in [5.74, 6) is 0. The molecule has 0 spiro atoms. The van der Waals surface area contributed by atoms with Crippen LogP contribution in [0.5, 0.6) is 0 Å². The molecule has 0 aromatic heterocycles. The summed E-state index contributed by atoms with van der Waals surface area (Å²) in [4.78, 5) is 19.0. The zero-order valence-electron chi connectivity index (χ0n) is 10.6. The summed E-state index contributed by atoms with van der Waals surface area (Å²) < 4.78 is 19.7.